The highest BCUT2D eigenvalue weighted by atomic mass is 32.1. The minimum atomic E-state index is 0.714. The Morgan fingerprint density at radius 3 is 2.89 bits per heavy atom. The highest BCUT2D eigenvalue weighted by Crippen LogP contribution is 2.47. The Morgan fingerprint density at radius 1 is 1.44 bits per heavy atom. The zero-order valence-corrected chi connectivity index (χ0v) is 6.40. The lowest BCUT2D eigenvalue weighted by molar-refractivity contribution is 0.540. The van der Waals surface area contributed by atoms with Crippen LogP contribution >= 0.6 is 11.3 Å². The molecule has 2 rings (SSSR count). The standard InChI is InChI=1S/C7H9NS/c1-4-5(2)7-6(4)8-3-9-7/h3-5H,1-2H3. The molecule has 0 saturated heterocycles. The van der Waals surface area contributed by atoms with Crippen LogP contribution < -0.4 is 0 Å². The molecular weight excluding hydrogens is 130 g/mol. The fourth-order valence-corrected chi connectivity index (χ4v) is 2.37. The van der Waals surface area contributed by atoms with Gasteiger partial charge >= 0.3 is 0 Å². The summed E-state index contributed by atoms with van der Waals surface area (Å²) in [6, 6.07) is 0. The normalized spacial score (nSPS) is 31.3. The molecule has 2 heteroatoms. The van der Waals surface area contributed by atoms with Crippen molar-refractivity contribution in [3.05, 3.63) is 16.1 Å². The lowest BCUT2D eigenvalue weighted by Gasteiger charge is -2.28. The fraction of sp³-hybridized carbons (Fsp3) is 0.571. The van der Waals surface area contributed by atoms with E-state index in [2.05, 4.69) is 18.8 Å². The smallest absolute Gasteiger partial charge is 0.0797 e. The molecule has 1 aliphatic rings. The molecule has 0 aliphatic heterocycles. The summed E-state index contributed by atoms with van der Waals surface area (Å²) in [4.78, 5) is 5.76. The minimum Gasteiger partial charge on any atom is -0.249 e. The van der Waals surface area contributed by atoms with Gasteiger partial charge in [-0.25, -0.2) is 4.98 Å². The molecule has 2 atom stereocenters. The molecule has 0 radical (unpaired) electrons. The van der Waals surface area contributed by atoms with Crippen LogP contribution in [-0.2, 0) is 0 Å². The monoisotopic (exact) mass is 139 g/mol. The molecule has 0 bridgehead atoms. The molecule has 48 valence electrons. The van der Waals surface area contributed by atoms with Crippen molar-refractivity contribution in [3.8, 4) is 0 Å². The molecule has 1 aliphatic carbocycles. The minimum absolute atomic E-state index is 0.714. The van der Waals surface area contributed by atoms with Crippen molar-refractivity contribution in [2.45, 2.75) is 25.7 Å². The first-order valence-electron chi connectivity index (χ1n) is 3.24. The van der Waals surface area contributed by atoms with Gasteiger partial charge in [-0.2, -0.15) is 0 Å². The molecule has 1 aromatic heterocycles. The Hall–Kier alpha value is -0.370. The lowest BCUT2D eigenvalue weighted by Crippen LogP contribution is -2.16. The van der Waals surface area contributed by atoms with Crippen LogP contribution in [0.2, 0.25) is 0 Å². The predicted octanol–water partition coefficient (Wildman–Crippen LogP) is 2.36. The fourth-order valence-electron chi connectivity index (χ4n) is 1.31. The van der Waals surface area contributed by atoms with Gasteiger partial charge in [0, 0.05) is 16.7 Å². The number of thiazole rings is 1. The first kappa shape index (κ1) is 5.42. The second kappa shape index (κ2) is 1.57. The molecule has 1 nitrogen and oxygen atoms in total. The van der Waals surface area contributed by atoms with Gasteiger partial charge in [0.05, 0.1) is 11.2 Å². The third-order valence-corrected chi connectivity index (χ3v) is 3.26. The van der Waals surface area contributed by atoms with Gasteiger partial charge in [0.25, 0.3) is 0 Å². The molecule has 1 aromatic rings. The molecule has 0 spiro atoms. The Bertz CT molecular complexity index is 206. The SMILES string of the molecule is CC1c2ncsc2C1C. The number of nitrogens with zero attached hydrogens (tertiary/aromatic N) is 1. The van der Waals surface area contributed by atoms with E-state index in [0.29, 0.717) is 5.92 Å². The molecule has 0 N–H and O–H groups in total. The van der Waals surface area contributed by atoms with Gasteiger partial charge in [-0.3, -0.25) is 0 Å². The molecule has 1 heterocycles. The average molecular weight is 139 g/mol. The van der Waals surface area contributed by atoms with Crippen molar-refractivity contribution < 1.29 is 0 Å². The third kappa shape index (κ3) is 0.517. The Kier molecular flexibility index (Phi) is 0.943. The summed E-state index contributed by atoms with van der Waals surface area (Å²) < 4.78 is 0. The van der Waals surface area contributed by atoms with E-state index in [-0.39, 0.29) is 0 Å². The quantitative estimate of drug-likeness (QED) is 0.537. The molecular formula is C7H9NS. The van der Waals surface area contributed by atoms with E-state index in [1.165, 1.54) is 10.6 Å². The summed E-state index contributed by atoms with van der Waals surface area (Å²) in [6.45, 7) is 4.51. The largest absolute Gasteiger partial charge is 0.249 e. The number of fused-ring (bicyclic) bond motifs is 1. The van der Waals surface area contributed by atoms with Gasteiger partial charge in [0.1, 0.15) is 0 Å². The van der Waals surface area contributed by atoms with Crippen molar-refractivity contribution in [2.24, 2.45) is 0 Å². The van der Waals surface area contributed by atoms with Crippen LogP contribution in [0.25, 0.3) is 0 Å². The molecule has 0 aromatic carbocycles. The van der Waals surface area contributed by atoms with Crippen LogP contribution in [0.15, 0.2) is 5.51 Å². The van der Waals surface area contributed by atoms with Crippen molar-refractivity contribution in [1.29, 1.82) is 0 Å². The van der Waals surface area contributed by atoms with E-state index < -0.39 is 0 Å². The number of rotatable bonds is 0. The van der Waals surface area contributed by atoms with Gasteiger partial charge in [-0.15, -0.1) is 11.3 Å². The van der Waals surface area contributed by atoms with Crippen LogP contribution in [-0.4, -0.2) is 4.98 Å². The van der Waals surface area contributed by atoms with Crippen molar-refractivity contribution in [1.82, 2.24) is 4.98 Å². The molecule has 0 amide bonds. The zero-order chi connectivity index (χ0) is 6.43. The molecule has 0 saturated carbocycles. The van der Waals surface area contributed by atoms with Crippen LogP contribution in [0, 0.1) is 0 Å². The summed E-state index contributed by atoms with van der Waals surface area (Å²) in [6.07, 6.45) is 0. The third-order valence-electron chi connectivity index (χ3n) is 2.22. The van der Waals surface area contributed by atoms with E-state index in [1.54, 1.807) is 11.3 Å². The molecule has 2 unspecified atom stereocenters. The topological polar surface area (TPSA) is 12.9 Å². The van der Waals surface area contributed by atoms with Gasteiger partial charge in [-0.05, 0) is 0 Å². The highest BCUT2D eigenvalue weighted by molar-refractivity contribution is 7.10. The van der Waals surface area contributed by atoms with Crippen LogP contribution in [0.1, 0.15) is 36.3 Å². The zero-order valence-electron chi connectivity index (χ0n) is 5.59. The summed E-state index contributed by atoms with van der Waals surface area (Å²) in [5.74, 6) is 1.48. The van der Waals surface area contributed by atoms with E-state index in [1.807, 2.05) is 5.51 Å². The van der Waals surface area contributed by atoms with Crippen LogP contribution in [0.4, 0.5) is 0 Å². The Labute approximate surface area is 58.7 Å². The molecule has 9 heavy (non-hydrogen) atoms. The summed E-state index contributed by atoms with van der Waals surface area (Å²) in [7, 11) is 0. The predicted molar refractivity (Wildman–Crippen MR) is 38.9 cm³/mol. The van der Waals surface area contributed by atoms with Gasteiger partial charge in [0.15, 0.2) is 0 Å². The second-order valence-electron chi connectivity index (χ2n) is 2.68. The first-order valence-corrected chi connectivity index (χ1v) is 4.12. The second-order valence-corrected chi connectivity index (χ2v) is 3.57. The van der Waals surface area contributed by atoms with E-state index in [9.17, 15) is 0 Å². The number of hydrogen-bond donors (Lipinski definition) is 0. The maximum absolute atomic E-state index is 4.25. The van der Waals surface area contributed by atoms with Crippen molar-refractivity contribution in [3.63, 3.8) is 0 Å². The van der Waals surface area contributed by atoms with Crippen molar-refractivity contribution >= 4 is 11.3 Å². The maximum Gasteiger partial charge on any atom is 0.0797 e. The Balaban J connectivity index is 2.50. The van der Waals surface area contributed by atoms with Crippen LogP contribution in [0.5, 0.6) is 0 Å². The highest BCUT2D eigenvalue weighted by Gasteiger charge is 2.33. The summed E-state index contributed by atoms with van der Waals surface area (Å²) in [5, 5.41) is 0. The summed E-state index contributed by atoms with van der Waals surface area (Å²) >= 11 is 1.79. The van der Waals surface area contributed by atoms with Gasteiger partial charge in [-0.1, -0.05) is 13.8 Å². The Morgan fingerprint density at radius 2 is 2.22 bits per heavy atom. The first-order chi connectivity index (χ1) is 4.30. The lowest BCUT2D eigenvalue weighted by atomic mass is 9.79. The number of hydrogen-bond acceptors (Lipinski definition) is 2. The van der Waals surface area contributed by atoms with Gasteiger partial charge in [0.2, 0.25) is 0 Å². The van der Waals surface area contributed by atoms with E-state index >= 15 is 0 Å². The maximum atomic E-state index is 4.25. The van der Waals surface area contributed by atoms with Gasteiger partial charge < -0.3 is 0 Å². The van der Waals surface area contributed by atoms with Crippen molar-refractivity contribution in [2.75, 3.05) is 0 Å². The van der Waals surface area contributed by atoms with E-state index in [0.717, 1.165) is 5.92 Å². The van der Waals surface area contributed by atoms with E-state index in [4.69, 9.17) is 0 Å². The summed E-state index contributed by atoms with van der Waals surface area (Å²) in [5.41, 5.74) is 3.29. The molecule has 0 fully saturated rings. The average Bonchev–Trinajstić information content (AvgIpc) is 2.30. The van der Waals surface area contributed by atoms with Crippen LogP contribution in [0.3, 0.4) is 0 Å². The number of aromatic nitrogens is 1.